The van der Waals surface area contributed by atoms with E-state index in [1.54, 1.807) is 0 Å². The van der Waals surface area contributed by atoms with Crippen LogP contribution in [-0.2, 0) is 0 Å². The standard InChI is InChI=1S/C13H22N4/c1-17-6-3-10(4-7-17)12-9-15-13(16-12)11-2-5-14-8-11/h9-11,14H,2-8H2,1H3,(H,15,16). The Morgan fingerprint density at radius 1 is 1.24 bits per heavy atom. The van der Waals surface area contributed by atoms with Crippen LogP contribution in [0.2, 0.25) is 0 Å². The van der Waals surface area contributed by atoms with E-state index in [2.05, 4.69) is 33.4 Å². The molecular formula is C13H22N4. The number of likely N-dealkylation sites (tertiary alicyclic amines) is 1. The van der Waals surface area contributed by atoms with E-state index in [0.717, 1.165) is 13.1 Å². The molecule has 1 atom stereocenters. The van der Waals surface area contributed by atoms with E-state index in [-0.39, 0.29) is 0 Å². The van der Waals surface area contributed by atoms with Crippen molar-refractivity contribution in [1.82, 2.24) is 20.2 Å². The zero-order valence-electron chi connectivity index (χ0n) is 10.6. The first kappa shape index (κ1) is 11.2. The number of aromatic amines is 1. The van der Waals surface area contributed by atoms with Gasteiger partial charge >= 0.3 is 0 Å². The second kappa shape index (κ2) is 4.78. The predicted molar refractivity (Wildman–Crippen MR) is 68.3 cm³/mol. The number of hydrogen-bond acceptors (Lipinski definition) is 3. The molecule has 2 aliphatic rings. The van der Waals surface area contributed by atoms with E-state index < -0.39 is 0 Å². The molecule has 1 aromatic heterocycles. The van der Waals surface area contributed by atoms with Crippen molar-refractivity contribution in [1.29, 1.82) is 0 Å². The molecule has 17 heavy (non-hydrogen) atoms. The third-order valence-electron chi connectivity index (χ3n) is 4.22. The number of imidazole rings is 1. The molecule has 3 heterocycles. The van der Waals surface area contributed by atoms with Crippen LogP contribution >= 0.6 is 0 Å². The third-order valence-corrected chi connectivity index (χ3v) is 4.22. The van der Waals surface area contributed by atoms with Crippen molar-refractivity contribution >= 4 is 0 Å². The SMILES string of the molecule is CN1CCC(c2cnc(C3CCNC3)[nH]2)CC1. The molecule has 2 fully saturated rings. The largest absolute Gasteiger partial charge is 0.345 e. The molecule has 94 valence electrons. The van der Waals surface area contributed by atoms with Gasteiger partial charge in [0.05, 0.1) is 0 Å². The van der Waals surface area contributed by atoms with Crippen LogP contribution in [-0.4, -0.2) is 48.1 Å². The Labute approximate surface area is 103 Å². The number of piperidine rings is 1. The second-order valence-corrected chi connectivity index (χ2v) is 5.49. The molecule has 0 aromatic carbocycles. The van der Waals surface area contributed by atoms with Gasteiger partial charge in [-0.1, -0.05) is 0 Å². The Morgan fingerprint density at radius 2 is 2.06 bits per heavy atom. The minimum atomic E-state index is 0.606. The number of rotatable bonds is 2. The lowest BCUT2D eigenvalue weighted by Gasteiger charge is -2.28. The molecule has 1 unspecified atom stereocenters. The Kier molecular flexibility index (Phi) is 3.16. The highest BCUT2D eigenvalue weighted by Crippen LogP contribution is 2.28. The quantitative estimate of drug-likeness (QED) is 0.810. The molecule has 2 saturated heterocycles. The first-order valence-electron chi connectivity index (χ1n) is 6.77. The molecule has 0 bridgehead atoms. The molecule has 4 heteroatoms. The van der Waals surface area contributed by atoms with Gasteiger partial charge in [0.2, 0.25) is 0 Å². The Morgan fingerprint density at radius 3 is 2.76 bits per heavy atom. The summed E-state index contributed by atoms with van der Waals surface area (Å²) in [7, 11) is 2.21. The summed E-state index contributed by atoms with van der Waals surface area (Å²) in [6.45, 7) is 4.64. The number of hydrogen-bond donors (Lipinski definition) is 2. The van der Waals surface area contributed by atoms with Gasteiger partial charge in [-0.3, -0.25) is 0 Å². The van der Waals surface area contributed by atoms with Crippen LogP contribution in [0.25, 0.3) is 0 Å². The first-order valence-corrected chi connectivity index (χ1v) is 6.77. The van der Waals surface area contributed by atoms with Crippen molar-refractivity contribution in [3.05, 3.63) is 17.7 Å². The maximum absolute atomic E-state index is 4.58. The number of H-pyrrole nitrogens is 1. The summed E-state index contributed by atoms with van der Waals surface area (Å²) in [5, 5.41) is 3.40. The van der Waals surface area contributed by atoms with E-state index in [0.29, 0.717) is 11.8 Å². The minimum Gasteiger partial charge on any atom is -0.345 e. The lowest BCUT2D eigenvalue weighted by atomic mass is 9.94. The summed E-state index contributed by atoms with van der Waals surface area (Å²) in [5.74, 6) is 2.50. The lowest BCUT2D eigenvalue weighted by molar-refractivity contribution is 0.253. The van der Waals surface area contributed by atoms with Crippen LogP contribution in [0, 0.1) is 0 Å². The third kappa shape index (κ3) is 2.38. The predicted octanol–water partition coefficient (Wildman–Crippen LogP) is 1.30. The van der Waals surface area contributed by atoms with Crippen molar-refractivity contribution < 1.29 is 0 Å². The molecule has 0 spiro atoms. The van der Waals surface area contributed by atoms with Crippen molar-refractivity contribution in [2.45, 2.75) is 31.1 Å². The summed E-state index contributed by atoms with van der Waals surface area (Å²) in [6.07, 6.45) is 5.83. The summed E-state index contributed by atoms with van der Waals surface area (Å²) in [5.41, 5.74) is 1.36. The normalized spacial score (nSPS) is 27.7. The van der Waals surface area contributed by atoms with Crippen LogP contribution < -0.4 is 5.32 Å². The lowest BCUT2D eigenvalue weighted by Crippen LogP contribution is -2.29. The summed E-state index contributed by atoms with van der Waals surface area (Å²) >= 11 is 0. The fourth-order valence-corrected chi connectivity index (χ4v) is 2.97. The number of nitrogens with zero attached hydrogens (tertiary/aromatic N) is 2. The van der Waals surface area contributed by atoms with Gasteiger partial charge in [0.1, 0.15) is 5.82 Å². The highest BCUT2D eigenvalue weighted by molar-refractivity contribution is 5.12. The first-order chi connectivity index (χ1) is 8.33. The monoisotopic (exact) mass is 234 g/mol. The molecule has 1 aromatic rings. The topological polar surface area (TPSA) is 44.0 Å². The van der Waals surface area contributed by atoms with Gasteiger partial charge in [0.25, 0.3) is 0 Å². The van der Waals surface area contributed by atoms with Crippen LogP contribution in [0.1, 0.15) is 42.6 Å². The van der Waals surface area contributed by atoms with E-state index >= 15 is 0 Å². The number of aromatic nitrogens is 2. The smallest absolute Gasteiger partial charge is 0.110 e. The zero-order chi connectivity index (χ0) is 11.7. The second-order valence-electron chi connectivity index (χ2n) is 5.49. The van der Waals surface area contributed by atoms with Crippen molar-refractivity contribution in [2.75, 3.05) is 33.2 Å². The van der Waals surface area contributed by atoms with E-state index in [1.807, 2.05) is 0 Å². The van der Waals surface area contributed by atoms with Crippen LogP contribution in [0.3, 0.4) is 0 Å². The Hall–Kier alpha value is -0.870. The maximum Gasteiger partial charge on any atom is 0.110 e. The summed E-state index contributed by atoms with van der Waals surface area (Å²) < 4.78 is 0. The van der Waals surface area contributed by atoms with Gasteiger partial charge in [-0.05, 0) is 45.9 Å². The van der Waals surface area contributed by atoms with E-state index in [1.165, 1.54) is 43.9 Å². The Bertz CT molecular complexity index is 359. The van der Waals surface area contributed by atoms with E-state index in [9.17, 15) is 0 Å². The molecule has 2 aliphatic heterocycles. The van der Waals surface area contributed by atoms with Crippen LogP contribution in [0.15, 0.2) is 6.20 Å². The minimum absolute atomic E-state index is 0.606. The highest BCUT2D eigenvalue weighted by atomic mass is 15.1. The molecule has 4 nitrogen and oxygen atoms in total. The van der Waals surface area contributed by atoms with Crippen molar-refractivity contribution in [3.8, 4) is 0 Å². The van der Waals surface area contributed by atoms with Crippen LogP contribution in [0.4, 0.5) is 0 Å². The molecule has 0 radical (unpaired) electrons. The van der Waals surface area contributed by atoms with Crippen molar-refractivity contribution in [3.63, 3.8) is 0 Å². The summed E-state index contributed by atoms with van der Waals surface area (Å²) in [4.78, 5) is 10.6. The van der Waals surface area contributed by atoms with E-state index in [4.69, 9.17) is 0 Å². The van der Waals surface area contributed by atoms with Gasteiger partial charge < -0.3 is 15.2 Å². The summed E-state index contributed by atoms with van der Waals surface area (Å²) in [6, 6.07) is 0. The average molecular weight is 234 g/mol. The molecule has 2 N–H and O–H groups in total. The molecule has 3 rings (SSSR count). The Balaban J connectivity index is 1.67. The molecule has 0 saturated carbocycles. The fraction of sp³-hybridized carbons (Fsp3) is 0.769. The maximum atomic E-state index is 4.58. The van der Waals surface area contributed by atoms with Gasteiger partial charge in [0.15, 0.2) is 0 Å². The number of nitrogens with one attached hydrogen (secondary N) is 2. The fourth-order valence-electron chi connectivity index (χ4n) is 2.97. The molecule has 0 amide bonds. The van der Waals surface area contributed by atoms with Gasteiger partial charge in [-0.15, -0.1) is 0 Å². The van der Waals surface area contributed by atoms with Gasteiger partial charge in [-0.2, -0.15) is 0 Å². The van der Waals surface area contributed by atoms with Gasteiger partial charge in [-0.25, -0.2) is 4.98 Å². The zero-order valence-corrected chi connectivity index (χ0v) is 10.6. The van der Waals surface area contributed by atoms with Crippen LogP contribution in [0.5, 0.6) is 0 Å². The molecule has 0 aliphatic carbocycles. The highest BCUT2D eigenvalue weighted by Gasteiger charge is 2.23. The molecular weight excluding hydrogens is 212 g/mol. The van der Waals surface area contributed by atoms with Crippen molar-refractivity contribution in [2.24, 2.45) is 0 Å². The average Bonchev–Trinajstić information content (AvgIpc) is 3.00. The van der Waals surface area contributed by atoms with Gasteiger partial charge in [0, 0.05) is 30.3 Å².